The van der Waals surface area contributed by atoms with Crippen LogP contribution < -0.4 is 38.4 Å². The van der Waals surface area contributed by atoms with E-state index in [-0.39, 0.29) is 23.4 Å². The van der Waals surface area contributed by atoms with Crippen LogP contribution in [0, 0.1) is 23.7 Å². The number of carbonyl (C=O) groups excluding carboxylic acids is 6. The summed E-state index contributed by atoms with van der Waals surface area (Å²) >= 11 is 0. The molecule has 2 aromatic heterocycles. The van der Waals surface area contributed by atoms with Gasteiger partial charge in [-0.1, -0.05) is 102 Å². The van der Waals surface area contributed by atoms with Gasteiger partial charge in [0.2, 0.25) is 0 Å². The Kier molecular flexibility index (Phi) is 31.3. The van der Waals surface area contributed by atoms with Gasteiger partial charge in [-0.15, -0.1) is 0 Å². The lowest BCUT2D eigenvalue weighted by atomic mass is 9.82. The summed E-state index contributed by atoms with van der Waals surface area (Å²) in [5.41, 5.74) is 4.99. The molecular formula is C86H100N6O16. The lowest BCUT2D eigenvalue weighted by Gasteiger charge is -2.26. The fourth-order valence-electron chi connectivity index (χ4n) is 12.9. The molecule has 22 nitrogen and oxygen atoms in total. The maximum Gasteiger partial charge on any atom is 0.330 e. The van der Waals surface area contributed by atoms with E-state index in [1.54, 1.807) is 83.1 Å². The molecule has 0 saturated heterocycles. The number of hydrazone groups is 2. The van der Waals surface area contributed by atoms with Crippen molar-refractivity contribution in [1.29, 1.82) is 0 Å². The van der Waals surface area contributed by atoms with Crippen molar-refractivity contribution in [3.8, 4) is 45.6 Å². The number of hydrogen-bond acceptors (Lipinski definition) is 22. The van der Waals surface area contributed by atoms with E-state index in [0.717, 1.165) is 115 Å². The number of oxazole rings is 2. The van der Waals surface area contributed by atoms with Gasteiger partial charge in [-0.25, -0.2) is 19.6 Å². The minimum absolute atomic E-state index is 0.267. The van der Waals surface area contributed by atoms with E-state index in [1.807, 2.05) is 72.8 Å². The zero-order valence-corrected chi connectivity index (χ0v) is 62.2. The van der Waals surface area contributed by atoms with Gasteiger partial charge in [0.05, 0.1) is 62.5 Å². The highest BCUT2D eigenvalue weighted by Crippen LogP contribution is 2.37. The van der Waals surface area contributed by atoms with Crippen LogP contribution in [0.15, 0.2) is 178 Å². The van der Waals surface area contributed by atoms with Crippen LogP contribution in [0.4, 0.5) is 12.0 Å². The number of unbranched alkanes of at least 4 members (excludes halogenated alkanes) is 12. The molecule has 2 aliphatic rings. The number of para-hydroxylation sites is 4. The Balaban J connectivity index is 0.843. The highest BCUT2D eigenvalue weighted by molar-refractivity contribution is 5.92. The molecule has 2 heterocycles. The van der Waals surface area contributed by atoms with E-state index >= 15 is 0 Å². The van der Waals surface area contributed by atoms with E-state index in [2.05, 4.69) is 27.0 Å². The summed E-state index contributed by atoms with van der Waals surface area (Å²) in [4.78, 5) is 88.1. The van der Waals surface area contributed by atoms with Gasteiger partial charge in [-0.2, -0.15) is 20.2 Å². The number of fused-ring (bicyclic) bond motifs is 2. The van der Waals surface area contributed by atoms with E-state index in [4.69, 9.17) is 66.9 Å². The highest BCUT2D eigenvalue weighted by atomic mass is 16.6. The van der Waals surface area contributed by atoms with Crippen molar-refractivity contribution in [2.75, 3.05) is 49.5 Å². The Morgan fingerprint density at radius 2 is 0.759 bits per heavy atom. The summed E-state index contributed by atoms with van der Waals surface area (Å²) in [7, 11) is 0. The predicted octanol–water partition coefficient (Wildman–Crippen LogP) is 18.4. The summed E-state index contributed by atoms with van der Waals surface area (Å²) in [6, 6.07) is 40.7. The summed E-state index contributed by atoms with van der Waals surface area (Å²) in [5.74, 6) is -1.59. The van der Waals surface area contributed by atoms with E-state index in [0.29, 0.717) is 170 Å². The standard InChI is InChI=1S/C86H100N6O16/c1-5-9-11-21-51-91(85-89-73-27-17-19-29-77(73)107-85)87-59-67-57-65(39-49-75(67)105-83(97)63-35-31-61(32-36-63)81(95)103-71-45-41-69(42-46-71)99-53-23-13-15-25-55-101-79(93)7-3)66-40-50-76(68(58-66)60-88-92(52-22-12-10-6-2)86-90-74-28-18-20-30-78(74)108-86)106-84(98)64-37-33-62(34-38-64)82(96)104-72-47-43-70(44-48-72)100-54-24-14-16-26-56-102-80(94)8-4/h7-8,17-20,27-30,39-50,57-64H,3-6,9-16,21-26,31-38,51-56H2,1-2H3/b87-59+,88-60+. The summed E-state index contributed by atoms with van der Waals surface area (Å²) in [6.07, 6.45) is 23.6. The van der Waals surface area contributed by atoms with Crippen LogP contribution in [0.1, 0.15) is 179 Å². The van der Waals surface area contributed by atoms with Gasteiger partial charge in [-0.05, 0) is 224 Å². The third-order valence-corrected chi connectivity index (χ3v) is 19.2. The first kappa shape index (κ1) is 79.7. The number of ether oxygens (including phenoxy) is 8. The lowest BCUT2D eigenvalue weighted by Crippen LogP contribution is -2.30. The quantitative estimate of drug-likeness (QED) is 0.00859. The molecule has 2 fully saturated rings. The molecule has 0 amide bonds. The largest absolute Gasteiger partial charge is 0.494 e. The van der Waals surface area contributed by atoms with Crippen LogP contribution in [0.2, 0.25) is 0 Å². The van der Waals surface area contributed by atoms with Crippen molar-refractivity contribution < 1.29 is 75.5 Å². The summed E-state index contributed by atoms with van der Waals surface area (Å²) < 4.78 is 58.9. The number of carbonyl (C=O) groups is 6. The number of anilines is 2. The average Bonchev–Trinajstić information content (AvgIpc) is 1.34. The van der Waals surface area contributed by atoms with Crippen molar-refractivity contribution in [3.05, 3.63) is 170 Å². The van der Waals surface area contributed by atoms with Gasteiger partial charge in [0, 0.05) is 36.4 Å². The van der Waals surface area contributed by atoms with Crippen LogP contribution in [-0.2, 0) is 38.2 Å². The van der Waals surface area contributed by atoms with E-state index in [1.165, 1.54) is 0 Å². The molecule has 0 atom stereocenters. The predicted molar refractivity (Wildman–Crippen MR) is 415 cm³/mol. The highest BCUT2D eigenvalue weighted by Gasteiger charge is 2.35. The number of esters is 6. The summed E-state index contributed by atoms with van der Waals surface area (Å²) in [5, 5.41) is 13.5. The molecule has 22 heteroatoms. The Labute approximate surface area is 631 Å². The van der Waals surface area contributed by atoms with Crippen molar-refractivity contribution >= 4 is 82.5 Å². The second kappa shape index (κ2) is 42.4. The van der Waals surface area contributed by atoms with Gasteiger partial charge in [0.25, 0.3) is 0 Å². The van der Waals surface area contributed by atoms with Crippen LogP contribution in [0.25, 0.3) is 33.3 Å². The fraction of sp³-hybridized carbons (Fsp3) is 0.419. The van der Waals surface area contributed by atoms with Gasteiger partial charge in [-0.3, -0.25) is 19.2 Å². The molecule has 10 rings (SSSR count). The topological polar surface area (TPSA) is 260 Å². The maximum absolute atomic E-state index is 14.4. The number of benzene rings is 6. The molecule has 2 aliphatic carbocycles. The zero-order chi connectivity index (χ0) is 75.7. The Bertz CT molecular complexity index is 3960. The van der Waals surface area contributed by atoms with Gasteiger partial charge in [0.1, 0.15) is 45.5 Å². The lowest BCUT2D eigenvalue weighted by molar-refractivity contribution is -0.145. The fourth-order valence-corrected chi connectivity index (χ4v) is 12.9. The SMILES string of the molecule is C=CC(=O)OCCCCCCOc1ccc(OC(=O)C2CCC(C(=O)Oc3ccc(-c4ccc(OC(=O)C5CCC(C(=O)Oc6ccc(OCCCCCCOC(=O)C=C)cc6)CC5)c(/C=N/N(CCCCCC)c5nc6ccccc6o5)c4)cc3/C=N/N(CCCCCC)c3nc4ccccc4o3)CC2)cc1. The van der Waals surface area contributed by atoms with Crippen LogP contribution in [0.3, 0.4) is 0 Å². The normalized spacial score (nSPS) is 15.7. The van der Waals surface area contributed by atoms with Gasteiger partial charge >= 0.3 is 47.8 Å². The minimum Gasteiger partial charge on any atom is -0.494 e. The second-order valence-corrected chi connectivity index (χ2v) is 27.3. The Morgan fingerprint density at radius 3 is 1.12 bits per heavy atom. The number of nitrogens with zero attached hydrogens (tertiary/aromatic N) is 6. The molecule has 0 spiro atoms. The monoisotopic (exact) mass is 1470 g/mol. The van der Waals surface area contributed by atoms with Crippen molar-refractivity contribution in [1.82, 2.24) is 9.97 Å². The molecule has 8 aromatic rings. The molecule has 570 valence electrons. The molecular weight excluding hydrogens is 1370 g/mol. The van der Waals surface area contributed by atoms with Gasteiger partial charge in [0.15, 0.2) is 11.2 Å². The van der Waals surface area contributed by atoms with Crippen molar-refractivity contribution in [3.63, 3.8) is 0 Å². The molecule has 0 aliphatic heterocycles. The second-order valence-electron chi connectivity index (χ2n) is 27.3. The van der Waals surface area contributed by atoms with Crippen LogP contribution in [-0.4, -0.2) is 97.7 Å². The molecule has 0 bridgehead atoms. The van der Waals surface area contributed by atoms with Crippen molar-refractivity contribution in [2.24, 2.45) is 33.9 Å². The molecule has 108 heavy (non-hydrogen) atoms. The molecule has 2 saturated carbocycles. The summed E-state index contributed by atoms with van der Waals surface area (Å²) in [6.45, 7) is 13.9. The third-order valence-electron chi connectivity index (χ3n) is 19.2. The maximum atomic E-state index is 14.4. The number of aromatic nitrogens is 2. The Morgan fingerprint density at radius 1 is 0.417 bits per heavy atom. The number of rotatable bonds is 43. The molecule has 6 aromatic carbocycles. The zero-order valence-electron chi connectivity index (χ0n) is 62.2. The number of hydrogen-bond donors (Lipinski definition) is 0. The van der Waals surface area contributed by atoms with Crippen molar-refractivity contribution in [2.45, 2.75) is 168 Å². The minimum atomic E-state index is -0.497. The first-order chi connectivity index (χ1) is 52.8. The van der Waals surface area contributed by atoms with Crippen LogP contribution in [0.5, 0.6) is 34.5 Å². The molecule has 0 radical (unpaired) electrons. The Hall–Kier alpha value is -10.9. The first-order valence-electron chi connectivity index (χ1n) is 38.4. The van der Waals surface area contributed by atoms with Crippen LogP contribution >= 0.6 is 0 Å². The van der Waals surface area contributed by atoms with E-state index in [9.17, 15) is 28.8 Å². The average molecular weight is 1470 g/mol. The smallest absolute Gasteiger partial charge is 0.330 e. The third kappa shape index (κ3) is 24.6. The molecule has 0 N–H and O–H groups in total. The van der Waals surface area contributed by atoms with E-state index < -0.39 is 47.5 Å². The van der Waals surface area contributed by atoms with Gasteiger partial charge < -0.3 is 46.7 Å². The molecule has 0 unspecified atom stereocenters. The first-order valence-corrected chi connectivity index (χ1v) is 38.4.